The summed E-state index contributed by atoms with van der Waals surface area (Å²) in [5, 5.41) is 9.71. The summed E-state index contributed by atoms with van der Waals surface area (Å²) in [5.41, 5.74) is 0. The van der Waals surface area contributed by atoms with Crippen LogP contribution in [0.25, 0.3) is 0 Å². The van der Waals surface area contributed by atoms with Gasteiger partial charge >= 0.3 is 6.09 Å². The summed E-state index contributed by atoms with van der Waals surface area (Å²) >= 11 is 0. The van der Waals surface area contributed by atoms with Gasteiger partial charge in [-0.25, -0.2) is 4.79 Å². The van der Waals surface area contributed by atoms with Gasteiger partial charge in [0.25, 0.3) is 0 Å². The first kappa shape index (κ1) is 7.58. The lowest BCUT2D eigenvalue weighted by molar-refractivity contribution is 0.0368. The van der Waals surface area contributed by atoms with Gasteiger partial charge in [0, 0.05) is 13.5 Å². The van der Waals surface area contributed by atoms with Crippen molar-refractivity contribution in [2.75, 3.05) is 7.05 Å². The molecule has 0 aromatic rings. The van der Waals surface area contributed by atoms with Crippen LogP contribution in [-0.2, 0) is 9.47 Å². The van der Waals surface area contributed by atoms with Crippen LogP contribution < -0.4 is 0 Å². The molecular formula is C8H11NO4. The van der Waals surface area contributed by atoms with Gasteiger partial charge in [-0.3, -0.25) is 0 Å². The van der Waals surface area contributed by atoms with Crippen LogP contribution in [0.4, 0.5) is 4.79 Å². The molecule has 5 atom stereocenters. The van der Waals surface area contributed by atoms with Crippen molar-refractivity contribution >= 4 is 6.09 Å². The number of aliphatic hydroxyl groups is 1. The van der Waals surface area contributed by atoms with E-state index < -0.39 is 6.10 Å². The number of hydrogen-bond donors (Lipinski definition) is 1. The van der Waals surface area contributed by atoms with E-state index in [2.05, 4.69) is 0 Å². The second-order valence-electron chi connectivity index (χ2n) is 3.89. The molecule has 0 unspecified atom stereocenters. The van der Waals surface area contributed by atoms with E-state index >= 15 is 0 Å². The largest absolute Gasteiger partial charge is 0.441 e. The van der Waals surface area contributed by atoms with E-state index in [9.17, 15) is 9.90 Å². The number of ether oxygens (including phenoxy) is 2. The predicted molar refractivity (Wildman–Crippen MR) is 41.1 cm³/mol. The molecule has 3 aliphatic rings. The first-order chi connectivity index (χ1) is 6.18. The summed E-state index contributed by atoms with van der Waals surface area (Å²) < 4.78 is 10.4. The lowest BCUT2D eigenvalue weighted by Crippen LogP contribution is -2.49. The Hall–Kier alpha value is -0.810. The molecule has 5 nitrogen and oxygen atoms in total. The van der Waals surface area contributed by atoms with Crippen molar-refractivity contribution in [1.82, 2.24) is 4.90 Å². The molecule has 1 N–H and O–H groups in total. The van der Waals surface area contributed by atoms with Crippen LogP contribution >= 0.6 is 0 Å². The molecule has 0 radical (unpaired) electrons. The lowest BCUT2D eigenvalue weighted by Gasteiger charge is -2.28. The summed E-state index contributed by atoms with van der Waals surface area (Å²) in [4.78, 5) is 12.7. The molecule has 0 aromatic heterocycles. The highest BCUT2D eigenvalue weighted by Crippen LogP contribution is 2.42. The highest BCUT2D eigenvalue weighted by molar-refractivity contribution is 5.71. The average molecular weight is 185 g/mol. The van der Waals surface area contributed by atoms with E-state index in [1.807, 2.05) is 0 Å². The molecule has 0 bridgehead atoms. The number of likely N-dealkylation sites (N-methyl/N-ethyl adjacent to an activating group) is 1. The molecule has 1 aliphatic carbocycles. The fourth-order valence-corrected chi connectivity index (χ4v) is 2.36. The number of carbonyl (C=O) groups excluding carboxylic acids is 1. The van der Waals surface area contributed by atoms with Crippen LogP contribution in [0.5, 0.6) is 0 Å². The maximum absolute atomic E-state index is 11.2. The molecule has 2 saturated heterocycles. The minimum Gasteiger partial charge on any atom is -0.441 e. The van der Waals surface area contributed by atoms with Gasteiger partial charge in [-0.2, -0.15) is 0 Å². The van der Waals surface area contributed by atoms with Gasteiger partial charge < -0.3 is 19.5 Å². The third-order valence-electron chi connectivity index (χ3n) is 3.12. The predicted octanol–water partition coefficient (Wildman–Crippen LogP) is -0.662. The van der Waals surface area contributed by atoms with E-state index in [-0.39, 0.29) is 30.4 Å². The number of carbonyl (C=O) groups is 1. The SMILES string of the molecule is CN1C(=O)O[C@@H]2[C@H]3O[C@H]3C[C@H](O)[C@@H]21. The molecular weight excluding hydrogens is 174 g/mol. The first-order valence-corrected chi connectivity index (χ1v) is 4.45. The minimum atomic E-state index is -0.509. The molecule has 5 heteroatoms. The van der Waals surface area contributed by atoms with Crippen LogP contribution in [0.2, 0.25) is 0 Å². The molecule has 0 spiro atoms. The van der Waals surface area contributed by atoms with Crippen molar-refractivity contribution in [2.45, 2.75) is 36.9 Å². The van der Waals surface area contributed by atoms with Gasteiger partial charge in [0.15, 0.2) is 6.10 Å². The monoisotopic (exact) mass is 185 g/mol. The highest BCUT2D eigenvalue weighted by Gasteiger charge is 2.61. The van der Waals surface area contributed by atoms with E-state index in [0.29, 0.717) is 6.42 Å². The second-order valence-corrected chi connectivity index (χ2v) is 3.89. The van der Waals surface area contributed by atoms with Crippen molar-refractivity contribution < 1.29 is 19.4 Å². The minimum absolute atomic E-state index is 0.0299. The van der Waals surface area contributed by atoms with Crippen LogP contribution in [0.15, 0.2) is 0 Å². The van der Waals surface area contributed by atoms with Gasteiger partial charge in [-0.15, -0.1) is 0 Å². The third kappa shape index (κ3) is 0.858. The highest BCUT2D eigenvalue weighted by atomic mass is 16.6. The van der Waals surface area contributed by atoms with Crippen LogP contribution in [-0.4, -0.2) is 53.6 Å². The number of hydrogen-bond acceptors (Lipinski definition) is 4. The molecule has 3 fully saturated rings. The zero-order chi connectivity index (χ0) is 9.16. The number of amides is 1. The van der Waals surface area contributed by atoms with Crippen LogP contribution in [0.3, 0.4) is 0 Å². The Bertz CT molecular complexity index is 269. The van der Waals surface area contributed by atoms with Gasteiger partial charge in [0.05, 0.1) is 12.2 Å². The average Bonchev–Trinajstić information content (AvgIpc) is 2.76. The number of rotatable bonds is 0. The van der Waals surface area contributed by atoms with Crippen molar-refractivity contribution in [2.24, 2.45) is 0 Å². The maximum atomic E-state index is 11.2. The molecule has 2 heterocycles. The lowest BCUT2D eigenvalue weighted by atomic mass is 9.90. The van der Waals surface area contributed by atoms with E-state index in [4.69, 9.17) is 9.47 Å². The Morgan fingerprint density at radius 2 is 2.31 bits per heavy atom. The van der Waals surface area contributed by atoms with Crippen LogP contribution in [0.1, 0.15) is 6.42 Å². The molecule has 13 heavy (non-hydrogen) atoms. The Morgan fingerprint density at radius 3 is 3.08 bits per heavy atom. The second kappa shape index (κ2) is 2.16. The summed E-state index contributed by atoms with van der Waals surface area (Å²) in [6.07, 6.45) is -0.369. The molecule has 2 aliphatic heterocycles. The molecule has 72 valence electrons. The van der Waals surface area contributed by atoms with Crippen molar-refractivity contribution in [3.8, 4) is 0 Å². The molecule has 0 aromatic carbocycles. The maximum Gasteiger partial charge on any atom is 0.410 e. The molecule has 1 saturated carbocycles. The van der Waals surface area contributed by atoms with Crippen LogP contribution in [0, 0.1) is 0 Å². The first-order valence-electron chi connectivity index (χ1n) is 4.45. The normalized spacial score (nSPS) is 52.6. The number of fused-ring (bicyclic) bond motifs is 3. The van der Waals surface area contributed by atoms with Gasteiger partial charge in [0.1, 0.15) is 12.1 Å². The quantitative estimate of drug-likeness (QED) is 0.509. The Kier molecular flexibility index (Phi) is 1.26. The number of nitrogens with zero attached hydrogens (tertiary/aromatic N) is 1. The summed E-state index contributed by atoms with van der Waals surface area (Å²) in [6, 6.07) is -0.212. The number of epoxide rings is 1. The number of aliphatic hydroxyl groups excluding tert-OH is 1. The summed E-state index contributed by atoms with van der Waals surface area (Å²) in [6.45, 7) is 0. The fourth-order valence-electron chi connectivity index (χ4n) is 2.36. The van der Waals surface area contributed by atoms with Gasteiger partial charge in [-0.05, 0) is 0 Å². The van der Waals surface area contributed by atoms with Gasteiger partial charge in [-0.1, -0.05) is 0 Å². The topological polar surface area (TPSA) is 62.3 Å². The van der Waals surface area contributed by atoms with Crippen molar-refractivity contribution in [1.29, 1.82) is 0 Å². The van der Waals surface area contributed by atoms with E-state index in [1.165, 1.54) is 4.90 Å². The summed E-state index contributed by atoms with van der Waals surface area (Å²) in [7, 11) is 1.65. The smallest absolute Gasteiger partial charge is 0.410 e. The molecule has 1 amide bonds. The summed E-state index contributed by atoms with van der Waals surface area (Å²) in [5.74, 6) is 0. The zero-order valence-electron chi connectivity index (χ0n) is 7.21. The third-order valence-corrected chi connectivity index (χ3v) is 3.12. The Labute approximate surface area is 75.2 Å². The molecule has 3 rings (SSSR count). The van der Waals surface area contributed by atoms with E-state index in [0.717, 1.165) is 0 Å². The Balaban J connectivity index is 1.91. The fraction of sp³-hybridized carbons (Fsp3) is 0.875. The van der Waals surface area contributed by atoms with Crippen molar-refractivity contribution in [3.63, 3.8) is 0 Å². The Morgan fingerprint density at radius 1 is 1.54 bits per heavy atom. The standard InChI is InChI=1S/C8H11NO4/c1-9-5-3(10)2-4-6(12-4)7(5)13-8(9)11/h3-7,10H,2H2,1H3/t3-,4-,5-,6-,7-/m0/s1. The van der Waals surface area contributed by atoms with Crippen molar-refractivity contribution in [3.05, 3.63) is 0 Å². The van der Waals surface area contributed by atoms with E-state index in [1.54, 1.807) is 7.05 Å². The zero-order valence-corrected chi connectivity index (χ0v) is 7.21. The van der Waals surface area contributed by atoms with Gasteiger partial charge in [0.2, 0.25) is 0 Å².